The van der Waals surface area contributed by atoms with Crippen LogP contribution in [0, 0.1) is 0 Å². The summed E-state index contributed by atoms with van der Waals surface area (Å²) in [5.41, 5.74) is 14.1. The van der Waals surface area contributed by atoms with Gasteiger partial charge < -0.3 is 5.73 Å². The topological polar surface area (TPSA) is 26.0 Å². The third-order valence-corrected chi connectivity index (χ3v) is 5.81. The first-order chi connectivity index (χ1) is 18.3. The van der Waals surface area contributed by atoms with E-state index in [1.54, 1.807) is 0 Å². The molecule has 0 unspecified atom stereocenters. The maximum Gasteiger partial charge on any atom is 0.0393 e. The minimum absolute atomic E-state index is 0.828. The van der Waals surface area contributed by atoms with Crippen LogP contribution in [0.1, 0.15) is 0 Å². The molecule has 0 saturated carbocycles. The lowest BCUT2D eigenvalue weighted by molar-refractivity contribution is 1.61. The molecule has 0 spiro atoms. The summed E-state index contributed by atoms with van der Waals surface area (Å²) in [5, 5.41) is 0. The number of nitrogens with two attached hydrogens (primary N) is 1. The summed E-state index contributed by atoms with van der Waals surface area (Å²) in [5.74, 6) is 0. The van der Waals surface area contributed by atoms with Crippen LogP contribution in [0.2, 0.25) is 0 Å². The second-order valence-electron chi connectivity index (χ2n) is 8.42. The van der Waals surface area contributed by atoms with Gasteiger partial charge in [-0.2, -0.15) is 0 Å². The Kier molecular flexibility index (Phi) is 9.45. The summed E-state index contributed by atoms with van der Waals surface area (Å²) < 4.78 is 0. The number of hydrogen-bond acceptors (Lipinski definition) is 1. The van der Waals surface area contributed by atoms with E-state index in [1.165, 1.54) is 27.8 Å². The van der Waals surface area contributed by atoms with Crippen molar-refractivity contribution in [2.24, 2.45) is 0 Å². The SMILES string of the molecule is Nc1ccccc1-c1ccccc1.c1ccc(-c2ccccc2)cc1.c1ccc(-c2ccccc2)cc1. The lowest BCUT2D eigenvalue weighted by Gasteiger charge is -2.03. The van der Waals surface area contributed by atoms with Crippen LogP contribution in [0.15, 0.2) is 176 Å². The molecular weight excluding hydrogens is 446 g/mol. The zero-order valence-corrected chi connectivity index (χ0v) is 20.8. The van der Waals surface area contributed by atoms with E-state index in [0.29, 0.717) is 0 Å². The highest BCUT2D eigenvalue weighted by atomic mass is 14.6. The first-order valence-corrected chi connectivity index (χ1v) is 12.4. The fraction of sp³-hybridized carbons (Fsp3) is 0. The Hall–Kier alpha value is -4.88. The molecule has 1 heteroatoms. The number of rotatable bonds is 3. The van der Waals surface area contributed by atoms with Crippen molar-refractivity contribution < 1.29 is 0 Å². The van der Waals surface area contributed by atoms with Crippen molar-refractivity contribution in [2.75, 3.05) is 5.73 Å². The zero-order valence-electron chi connectivity index (χ0n) is 20.8. The third-order valence-electron chi connectivity index (χ3n) is 5.81. The smallest absolute Gasteiger partial charge is 0.0393 e. The molecule has 0 aliphatic heterocycles. The fourth-order valence-electron chi connectivity index (χ4n) is 3.90. The Bertz CT molecular complexity index is 1280. The molecule has 0 aliphatic carbocycles. The van der Waals surface area contributed by atoms with Crippen molar-refractivity contribution in [1.82, 2.24) is 0 Å². The Balaban J connectivity index is 0.000000130. The van der Waals surface area contributed by atoms with Crippen LogP contribution in [0.5, 0.6) is 0 Å². The molecule has 0 fully saturated rings. The number of benzene rings is 6. The molecule has 1 nitrogen and oxygen atoms in total. The monoisotopic (exact) mass is 477 g/mol. The lowest BCUT2D eigenvalue weighted by atomic mass is 10.0. The molecule has 37 heavy (non-hydrogen) atoms. The van der Waals surface area contributed by atoms with Gasteiger partial charge in [0.05, 0.1) is 0 Å². The van der Waals surface area contributed by atoms with E-state index in [4.69, 9.17) is 5.73 Å². The quantitative estimate of drug-likeness (QED) is 0.252. The van der Waals surface area contributed by atoms with Crippen LogP contribution in [-0.4, -0.2) is 0 Å². The molecule has 0 aliphatic rings. The Morgan fingerprint density at radius 2 is 0.486 bits per heavy atom. The van der Waals surface area contributed by atoms with Gasteiger partial charge in [0.2, 0.25) is 0 Å². The van der Waals surface area contributed by atoms with Crippen molar-refractivity contribution in [3.63, 3.8) is 0 Å². The summed E-state index contributed by atoms with van der Waals surface area (Å²) in [6.45, 7) is 0. The highest BCUT2D eigenvalue weighted by Gasteiger charge is 1.98. The van der Waals surface area contributed by atoms with Gasteiger partial charge in [-0.05, 0) is 33.9 Å². The van der Waals surface area contributed by atoms with E-state index in [-0.39, 0.29) is 0 Å². The molecular formula is C36H31N. The summed E-state index contributed by atoms with van der Waals surface area (Å²) in [7, 11) is 0. The van der Waals surface area contributed by atoms with E-state index < -0.39 is 0 Å². The summed E-state index contributed by atoms with van der Waals surface area (Å²) in [6, 6.07) is 59.6. The molecule has 0 heterocycles. The highest BCUT2D eigenvalue weighted by Crippen LogP contribution is 2.24. The van der Waals surface area contributed by atoms with Crippen LogP contribution in [-0.2, 0) is 0 Å². The van der Waals surface area contributed by atoms with E-state index in [1.807, 2.05) is 66.7 Å². The van der Waals surface area contributed by atoms with Gasteiger partial charge in [-0.1, -0.05) is 170 Å². The molecule has 0 atom stereocenters. The maximum absolute atomic E-state index is 5.85. The average Bonchev–Trinajstić information content (AvgIpc) is 3.00. The van der Waals surface area contributed by atoms with Gasteiger partial charge >= 0.3 is 0 Å². The molecule has 180 valence electrons. The molecule has 0 aromatic heterocycles. The minimum Gasteiger partial charge on any atom is -0.398 e. The van der Waals surface area contributed by atoms with Gasteiger partial charge in [0.15, 0.2) is 0 Å². The van der Waals surface area contributed by atoms with E-state index in [0.717, 1.165) is 11.3 Å². The van der Waals surface area contributed by atoms with Gasteiger partial charge in [-0.15, -0.1) is 0 Å². The predicted molar refractivity (Wildman–Crippen MR) is 160 cm³/mol. The van der Waals surface area contributed by atoms with Crippen molar-refractivity contribution >= 4 is 5.69 Å². The molecule has 6 aromatic carbocycles. The molecule has 6 aromatic rings. The largest absolute Gasteiger partial charge is 0.398 e. The van der Waals surface area contributed by atoms with Crippen molar-refractivity contribution in [3.05, 3.63) is 176 Å². The standard InChI is InChI=1S/C12H11N.2C12H10/c13-12-9-5-4-8-11(12)10-6-2-1-3-7-10;2*1-3-7-11(8-4-1)12-9-5-2-6-10-12/h1-9H,13H2;2*1-10H. The first-order valence-electron chi connectivity index (χ1n) is 12.4. The molecule has 0 radical (unpaired) electrons. The van der Waals surface area contributed by atoms with Crippen LogP contribution < -0.4 is 5.73 Å². The number of anilines is 1. The second kappa shape index (κ2) is 13.9. The number of hydrogen-bond donors (Lipinski definition) is 1. The first kappa shape index (κ1) is 25.2. The molecule has 0 saturated heterocycles. The normalized spacial score (nSPS) is 9.73. The molecule has 0 bridgehead atoms. The Labute approximate surface area is 220 Å². The molecule has 6 rings (SSSR count). The average molecular weight is 478 g/mol. The van der Waals surface area contributed by atoms with Gasteiger partial charge in [0, 0.05) is 11.3 Å². The minimum atomic E-state index is 0.828. The fourth-order valence-corrected chi connectivity index (χ4v) is 3.90. The second-order valence-corrected chi connectivity index (χ2v) is 8.42. The van der Waals surface area contributed by atoms with Gasteiger partial charge in [0.25, 0.3) is 0 Å². The van der Waals surface area contributed by atoms with Crippen LogP contribution in [0.4, 0.5) is 5.69 Å². The van der Waals surface area contributed by atoms with Crippen LogP contribution in [0.3, 0.4) is 0 Å². The van der Waals surface area contributed by atoms with Crippen molar-refractivity contribution in [3.8, 4) is 33.4 Å². The van der Waals surface area contributed by atoms with Gasteiger partial charge in [-0.3, -0.25) is 0 Å². The molecule has 0 amide bonds. The Morgan fingerprint density at radius 3 is 0.784 bits per heavy atom. The van der Waals surface area contributed by atoms with E-state index in [9.17, 15) is 0 Å². The van der Waals surface area contributed by atoms with Crippen molar-refractivity contribution in [1.29, 1.82) is 0 Å². The van der Waals surface area contributed by atoms with Gasteiger partial charge in [-0.25, -0.2) is 0 Å². The van der Waals surface area contributed by atoms with Gasteiger partial charge in [0.1, 0.15) is 0 Å². The summed E-state index contributed by atoms with van der Waals surface area (Å²) >= 11 is 0. The van der Waals surface area contributed by atoms with E-state index >= 15 is 0 Å². The number of para-hydroxylation sites is 1. The highest BCUT2D eigenvalue weighted by molar-refractivity contribution is 5.75. The predicted octanol–water partition coefficient (Wildman–Crippen LogP) is 9.64. The molecule has 2 N–H and O–H groups in total. The zero-order chi connectivity index (χ0) is 25.5. The van der Waals surface area contributed by atoms with Crippen molar-refractivity contribution in [2.45, 2.75) is 0 Å². The van der Waals surface area contributed by atoms with Crippen LogP contribution >= 0.6 is 0 Å². The summed E-state index contributed by atoms with van der Waals surface area (Å²) in [4.78, 5) is 0. The number of nitrogen functional groups attached to an aromatic ring is 1. The van der Waals surface area contributed by atoms with Crippen LogP contribution in [0.25, 0.3) is 33.4 Å². The third kappa shape index (κ3) is 7.81. The summed E-state index contributed by atoms with van der Waals surface area (Å²) in [6.07, 6.45) is 0. The lowest BCUT2D eigenvalue weighted by Crippen LogP contribution is -1.88. The Morgan fingerprint density at radius 1 is 0.243 bits per heavy atom. The maximum atomic E-state index is 5.85. The van der Waals surface area contributed by atoms with E-state index in [2.05, 4.69) is 109 Å².